The summed E-state index contributed by atoms with van der Waals surface area (Å²) in [6.45, 7) is 0. The molecule has 3 heteroatoms. The van der Waals surface area contributed by atoms with Gasteiger partial charge in [-0.2, -0.15) is 0 Å². The Kier molecular flexibility index (Phi) is 2.21. The molecule has 0 bridgehead atoms. The van der Waals surface area contributed by atoms with Crippen molar-refractivity contribution in [1.82, 2.24) is 0 Å². The Labute approximate surface area is 54.7 Å². The lowest BCUT2D eigenvalue weighted by atomic mass is 10.4. The molecule has 0 aromatic rings. The molecule has 1 aliphatic heterocycles. The minimum atomic E-state index is -0.289. The van der Waals surface area contributed by atoms with Gasteiger partial charge in [0, 0.05) is 7.27 Å². The molecule has 42 valence electrons. The molecule has 1 fully saturated rings. The van der Waals surface area contributed by atoms with Gasteiger partial charge in [-0.1, -0.05) is 11.2 Å². The van der Waals surface area contributed by atoms with E-state index in [1.165, 1.54) is 12.6 Å². The van der Waals surface area contributed by atoms with Crippen LogP contribution < -0.4 is 0 Å². The van der Waals surface area contributed by atoms with Crippen LogP contribution in [0.25, 0.3) is 0 Å². The van der Waals surface area contributed by atoms with Crippen LogP contribution >= 0.6 is 30.1 Å². The lowest BCUT2D eigenvalue weighted by molar-refractivity contribution is 0.919. The second-order valence-corrected chi connectivity index (χ2v) is 5.70. The summed E-state index contributed by atoms with van der Waals surface area (Å²) < 4.78 is 0. The molecular formula is C4H7Cl2P. The van der Waals surface area contributed by atoms with E-state index in [2.05, 4.69) is 0 Å². The zero-order valence-electron chi connectivity index (χ0n) is 3.90. The average Bonchev–Trinajstić information content (AvgIpc) is 1.91. The van der Waals surface area contributed by atoms with E-state index in [0.717, 1.165) is 6.42 Å². The standard InChI is InChI=1S/C4H7Cl2P/c5-4-2-1-3-7(4)6/h4H,1-3H2. The predicted molar refractivity (Wildman–Crippen MR) is 36.5 cm³/mol. The minimum Gasteiger partial charge on any atom is -0.117 e. The summed E-state index contributed by atoms with van der Waals surface area (Å²) in [7, 11) is -0.289. The van der Waals surface area contributed by atoms with Crippen LogP contribution in [0.5, 0.6) is 0 Å². The molecule has 1 aliphatic rings. The molecular weight excluding hydrogens is 150 g/mol. The van der Waals surface area contributed by atoms with Gasteiger partial charge in [0.2, 0.25) is 0 Å². The van der Waals surface area contributed by atoms with Crippen LogP contribution in [0.4, 0.5) is 0 Å². The van der Waals surface area contributed by atoms with Crippen molar-refractivity contribution in [3.8, 4) is 0 Å². The van der Waals surface area contributed by atoms with Crippen LogP contribution in [0.15, 0.2) is 0 Å². The van der Waals surface area contributed by atoms with Crippen LogP contribution in [0.3, 0.4) is 0 Å². The Morgan fingerprint density at radius 3 is 2.43 bits per heavy atom. The summed E-state index contributed by atoms with van der Waals surface area (Å²) in [5, 5.41) is 0.316. The van der Waals surface area contributed by atoms with E-state index in [9.17, 15) is 0 Å². The van der Waals surface area contributed by atoms with Crippen LogP contribution in [0.1, 0.15) is 12.8 Å². The van der Waals surface area contributed by atoms with Crippen molar-refractivity contribution in [1.29, 1.82) is 0 Å². The third kappa shape index (κ3) is 1.45. The van der Waals surface area contributed by atoms with E-state index in [1.54, 1.807) is 0 Å². The predicted octanol–water partition coefficient (Wildman–Crippen LogP) is 2.98. The first kappa shape index (κ1) is 6.13. The highest BCUT2D eigenvalue weighted by Gasteiger charge is 2.21. The summed E-state index contributed by atoms with van der Waals surface area (Å²) in [6, 6.07) is 0. The Morgan fingerprint density at radius 1 is 1.57 bits per heavy atom. The first-order chi connectivity index (χ1) is 3.30. The maximum atomic E-state index is 5.80. The summed E-state index contributed by atoms with van der Waals surface area (Å²) >= 11 is 11.6. The van der Waals surface area contributed by atoms with Crippen molar-refractivity contribution in [3.63, 3.8) is 0 Å². The lowest BCUT2D eigenvalue weighted by Gasteiger charge is -2.00. The fraction of sp³-hybridized carbons (Fsp3) is 1.00. The van der Waals surface area contributed by atoms with E-state index in [1.807, 2.05) is 0 Å². The smallest absolute Gasteiger partial charge is 0.0674 e. The highest BCUT2D eigenvalue weighted by molar-refractivity contribution is 7.85. The van der Waals surface area contributed by atoms with E-state index >= 15 is 0 Å². The van der Waals surface area contributed by atoms with E-state index in [0.29, 0.717) is 5.12 Å². The maximum Gasteiger partial charge on any atom is 0.0674 e. The summed E-state index contributed by atoms with van der Waals surface area (Å²) in [4.78, 5) is 0. The Hall–Kier alpha value is 1.01. The number of hydrogen-bond acceptors (Lipinski definition) is 0. The molecule has 0 aliphatic carbocycles. The molecule has 0 saturated carbocycles. The molecule has 2 unspecified atom stereocenters. The number of halogens is 2. The second kappa shape index (κ2) is 2.53. The zero-order chi connectivity index (χ0) is 5.28. The fourth-order valence-corrected chi connectivity index (χ4v) is 3.02. The molecule has 1 saturated heterocycles. The van der Waals surface area contributed by atoms with E-state index in [-0.39, 0.29) is 7.27 Å². The van der Waals surface area contributed by atoms with Crippen molar-refractivity contribution in [2.24, 2.45) is 0 Å². The van der Waals surface area contributed by atoms with Crippen molar-refractivity contribution < 1.29 is 0 Å². The molecule has 0 radical (unpaired) electrons. The molecule has 0 aromatic heterocycles. The Bertz CT molecular complexity index is 58.7. The largest absolute Gasteiger partial charge is 0.117 e. The van der Waals surface area contributed by atoms with Crippen molar-refractivity contribution in [2.45, 2.75) is 18.0 Å². The molecule has 0 aromatic carbocycles. The monoisotopic (exact) mass is 156 g/mol. The molecule has 1 heterocycles. The highest BCUT2D eigenvalue weighted by atomic mass is 35.7. The number of hydrogen-bond donors (Lipinski definition) is 0. The normalized spacial score (nSPS) is 42.0. The van der Waals surface area contributed by atoms with Gasteiger partial charge in [0.05, 0.1) is 5.12 Å². The maximum absolute atomic E-state index is 5.80. The zero-order valence-corrected chi connectivity index (χ0v) is 6.31. The van der Waals surface area contributed by atoms with Gasteiger partial charge in [0.15, 0.2) is 0 Å². The van der Waals surface area contributed by atoms with Gasteiger partial charge in [-0.3, -0.25) is 0 Å². The van der Waals surface area contributed by atoms with Gasteiger partial charge in [0.25, 0.3) is 0 Å². The van der Waals surface area contributed by atoms with Crippen molar-refractivity contribution >= 4 is 30.1 Å². The number of rotatable bonds is 0. The topological polar surface area (TPSA) is 0 Å². The first-order valence-electron chi connectivity index (χ1n) is 2.37. The van der Waals surface area contributed by atoms with Gasteiger partial charge in [-0.15, -0.1) is 11.6 Å². The van der Waals surface area contributed by atoms with E-state index in [4.69, 9.17) is 22.8 Å². The van der Waals surface area contributed by atoms with E-state index < -0.39 is 0 Å². The van der Waals surface area contributed by atoms with Gasteiger partial charge in [-0.25, -0.2) is 0 Å². The quantitative estimate of drug-likeness (QED) is 0.374. The van der Waals surface area contributed by atoms with Gasteiger partial charge >= 0.3 is 0 Å². The highest BCUT2D eigenvalue weighted by Crippen LogP contribution is 2.55. The number of alkyl halides is 1. The third-order valence-electron chi connectivity index (χ3n) is 1.12. The van der Waals surface area contributed by atoms with Crippen LogP contribution in [-0.4, -0.2) is 11.3 Å². The molecule has 7 heavy (non-hydrogen) atoms. The molecule has 0 nitrogen and oxygen atoms in total. The Morgan fingerprint density at radius 2 is 2.29 bits per heavy atom. The fourth-order valence-electron chi connectivity index (χ4n) is 0.691. The molecule has 0 N–H and O–H groups in total. The van der Waals surface area contributed by atoms with Gasteiger partial charge in [-0.05, 0) is 19.0 Å². The van der Waals surface area contributed by atoms with Crippen molar-refractivity contribution in [2.75, 3.05) is 6.16 Å². The first-order valence-corrected chi connectivity index (χ1v) is 5.31. The van der Waals surface area contributed by atoms with Crippen LogP contribution in [-0.2, 0) is 0 Å². The van der Waals surface area contributed by atoms with Gasteiger partial charge < -0.3 is 0 Å². The van der Waals surface area contributed by atoms with Crippen LogP contribution in [0, 0.1) is 0 Å². The lowest BCUT2D eigenvalue weighted by Crippen LogP contribution is -1.78. The minimum absolute atomic E-state index is 0.289. The molecule has 2 atom stereocenters. The van der Waals surface area contributed by atoms with Crippen molar-refractivity contribution in [3.05, 3.63) is 0 Å². The molecule has 1 rings (SSSR count). The van der Waals surface area contributed by atoms with Crippen LogP contribution in [0.2, 0.25) is 0 Å². The second-order valence-electron chi connectivity index (χ2n) is 1.70. The third-order valence-corrected chi connectivity index (χ3v) is 5.17. The Balaban J connectivity index is 2.33. The molecule has 0 amide bonds. The summed E-state index contributed by atoms with van der Waals surface area (Å²) in [6.07, 6.45) is 3.55. The molecule has 0 spiro atoms. The SMILES string of the molecule is ClC1CCCP1Cl. The summed E-state index contributed by atoms with van der Waals surface area (Å²) in [5.41, 5.74) is 0. The average molecular weight is 157 g/mol. The summed E-state index contributed by atoms with van der Waals surface area (Å²) in [5.74, 6) is 0. The van der Waals surface area contributed by atoms with Gasteiger partial charge in [0.1, 0.15) is 0 Å².